The van der Waals surface area contributed by atoms with Crippen LogP contribution in [0.15, 0.2) is 70.9 Å². The monoisotopic (exact) mass is 412 g/mol. The molecule has 3 rings (SSSR count). The first-order valence-corrected chi connectivity index (χ1v) is 10.6. The van der Waals surface area contributed by atoms with E-state index in [0.29, 0.717) is 17.2 Å². The third-order valence-electron chi connectivity index (χ3n) is 3.66. The molecule has 0 atom stereocenters. The normalized spacial score (nSPS) is 10.3. The molecule has 0 aliphatic heterocycles. The van der Waals surface area contributed by atoms with Crippen molar-refractivity contribution in [1.29, 1.82) is 0 Å². The van der Waals surface area contributed by atoms with Crippen molar-refractivity contribution in [2.75, 3.05) is 23.0 Å². The van der Waals surface area contributed by atoms with Crippen molar-refractivity contribution in [3.8, 4) is 5.75 Å². The summed E-state index contributed by atoms with van der Waals surface area (Å²) in [5.41, 5.74) is 1.43. The van der Waals surface area contributed by atoms with Gasteiger partial charge in [0.1, 0.15) is 5.75 Å². The second kappa shape index (κ2) is 9.96. The third kappa shape index (κ3) is 5.87. The van der Waals surface area contributed by atoms with Crippen LogP contribution in [0.3, 0.4) is 0 Å². The Bertz CT molecular complexity index is 925. The van der Waals surface area contributed by atoms with Gasteiger partial charge in [-0.15, -0.1) is 23.1 Å². The lowest BCUT2D eigenvalue weighted by atomic mass is 10.3. The molecular weight excluding hydrogens is 392 g/mol. The van der Waals surface area contributed by atoms with Gasteiger partial charge in [0.05, 0.1) is 17.2 Å². The molecule has 2 N–H and O–H groups in total. The molecule has 0 bridgehead atoms. The van der Waals surface area contributed by atoms with Crippen LogP contribution in [0.2, 0.25) is 0 Å². The van der Waals surface area contributed by atoms with Gasteiger partial charge in [0, 0.05) is 16.3 Å². The quantitative estimate of drug-likeness (QED) is 0.503. The van der Waals surface area contributed by atoms with Crippen molar-refractivity contribution >= 4 is 46.3 Å². The molecule has 1 aromatic heterocycles. The number of nitrogens with one attached hydrogen (secondary N) is 2. The summed E-state index contributed by atoms with van der Waals surface area (Å²) in [5, 5.41) is 7.60. The first-order valence-electron chi connectivity index (χ1n) is 8.74. The molecular formula is C21H20N2O3S2. The SMILES string of the molecule is CCOc1ccc(NC(=O)CSc2cccc(NC(=O)c3cccs3)c2)cc1. The molecule has 0 saturated carbocycles. The fraction of sp³-hybridized carbons (Fsp3) is 0.143. The Balaban J connectivity index is 1.51. The van der Waals surface area contributed by atoms with Crippen LogP contribution in [0.4, 0.5) is 11.4 Å². The number of ether oxygens (including phenoxy) is 1. The molecule has 0 fully saturated rings. The van der Waals surface area contributed by atoms with E-state index >= 15 is 0 Å². The molecule has 0 unspecified atom stereocenters. The lowest BCUT2D eigenvalue weighted by molar-refractivity contribution is -0.113. The summed E-state index contributed by atoms with van der Waals surface area (Å²) in [7, 11) is 0. The van der Waals surface area contributed by atoms with Crippen molar-refractivity contribution in [3.05, 3.63) is 70.9 Å². The topological polar surface area (TPSA) is 67.4 Å². The minimum Gasteiger partial charge on any atom is -0.494 e. The number of carbonyl (C=O) groups excluding carboxylic acids is 2. The number of rotatable bonds is 8. The van der Waals surface area contributed by atoms with Gasteiger partial charge in [-0.1, -0.05) is 12.1 Å². The van der Waals surface area contributed by atoms with Crippen LogP contribution in [-0.4, -0.2) is 24.2 Å². The highest BCUT2D eigenvalue weighted by Gasteiger charge is 2.08. The zero-order chi connectivity index (χ0) is 19.8. The van der Waals surface area contributed by atoms with Crippen LogP contribution in [0.5, 0.6) is 5.75 Å². The van der Waals surface area contributed by atoms with Crippen molar-refractivity contribution in [2.45, 2.75) is 11.8 Å². The third-order valence-corrected chi connectivity index (χ3v) is 5.52. The first kappa shape index (κ1) is 20.0. The summed E-state index contributed by atoms with van der Waals surface area (Å²) >= 11 is 2.81. The zero-order valence-corrected chi connectivity index (χ0v) is 16.9. The molecule has 0 saturated heterocycles. The molecule has 144 valence electrons. The number of thiophene rings is 1. The highest BCUT2D eigenvalue weighted by atomic mass is 32.2. The minimum atomic E-state index is -0.134. The summed E-state index contributed by atoms with van der Waals surface area (Å²) in [5.74, 6) is 0.819. The molecule has 2 amide bonds. The molecule has 1 heterocycles. The molecule has 0 aliphatic carbocycles. The average molecular weight is 413 g/mol. The Morgan fingerprint density at radius 2 is 1.82 bits per heavy atom. The van der Waals surface area contributed by atoms with Gasteiger partial charge in [-0.2, -0.15) is 0 Å². The van der Waals surface area contributed by atoms with E-state index < -0.39 is 0 Å². The van der Waals surface area contributed by atoms with Gasteiger partial charge >= 0.3 is 0 Å². The van der Waals surface area contributed by atoms with Crippen molar-refractivity contribution in [3.63, 3.8) is 0 Å². The van der Waals surface area contributed by atoms with Crippen LogP contribution in [-0.2, 0) is 4.79 Å². The molecule has 28 heavy (non-hydrogen) atoms. The Kier molecular flexibility index (Phi) is 7.11. The maximum absolute atomic E-state index is 12.2. The van der Waals surface area contributed by atoms with Gasteiger partial charge in [-0.25, -0.2) is 0 Å². The lowest BCUT2D eigenvalue weighted by Crippen LogP contribution is -2.14. The number of amides is 2. The van der Waals surface area contributed by atoms with E-state index in [1.165, 1.54) is 23.1 Å². The van der Waals surface area contributed by atoms with Gasteiger partial charge in [0.2, 0.25) is 5.91 Å². The Morgan fingerprint density at radius 1 is 1.00 bits per heavy atom. The van der Waals surface area contributed by atoms with E-state index in [1.807, 2.05) is 66.9 Å². The minimum absolute atomic E-state index is 0.0952. The van der Waals surface area contributed by atoms with Gasteiger partial charge < -0.3 is 15.4 Å². The summed E-state index contributed by atoms with van der Waals surface area (Å²) < 4.78 is 5.39. The van der Waals surface area contributed by atoms with Crippen LogP contribution in [0, 0.1) is 0 Å². The fourth-order valence-corrected chi connectivity index (χ4v) is 3.79. The Labute approximate surface area is 172 Å². The molecule has 0 spiro atoms. The number of anilines is 2. The molecule has 2 aromatic carbocycles. The van der Waals surface area contributed by atoms with Crippen LogP contribution in [0.25, 0.3) is 0 Å². The second-order valence-electron chi connectivity index (χ2n) is 5.75. The standard InChI is InChI=1S/C21H20N2O3S2/c1-2-26-17-10-8-15(9-11-17)22-20(24)14-28-18-6-3-5-16(13-18)23-21(25)19-7-4-12-27-19/h3-13H,2,14H2,1H3,(H,22,24)(H,23,25). The van der Waals surface area contributed by atoms with Crippen LogP contribution >= 0.6 is 23.1 Å². The van der Waals surface area contributed by atoms with E-state index in [-0.39, 0.29) is 17.6 Å². The van der Waals surface area contributed by atoms with E-state index in [2.05, 4.69) is 10.6 Å². The smallest absolute Gasteiger partial charge is 0.265 e. The highest BCUT2D eigenvalue weighted by Crippen LogP contribution is 2.23. The highest BCUT2D eigenvalue weighted by molar-refractivity contribution is 8.00. The van der Waals surface area contributed by atoms with E-state index in [0.717, 1.165) is 16.3 Å². The lowest BCUT2D eigenvalue weighted by Gasteiger charge is -2.08. The van der Waals surface area contributed by atoms with Gasteiger partial charge in [0.25, 0.3) is 5.91 Å². The number of benzene rings is 2. The summed E-state index contributed by atoms with van der Waals surface area (Å²) in [6.07, 6.45) is 0. The predicted octanol–water partition coefficient (Wildman–Crippen LogP) is 5.13. The van der Waals surface area contributed by atoms with E-state index in [9.17, 15) is 9.59 Å². The number of hydrogen-bond donors (Lipinski definition) is 2. The molecule has 0 aliphatic rings. The largest absolute Gasteiger partial charge is 0.494 e. The van der Waals surface area contributed by atoms with Crippen LogP contribution < -0.4 is 15.4 Å². The Hall–Kier alpha value is -2.77. The van der Waals surface area contributed by atoms with Gasteiger partial charge in [0.15, 0.2) is 0 Å². The van der Waals surface area contributed by atoms with E-state index in [4.69, 9.17) is 4.74 Å². The summed E-state index contributed by atoms with van der Waals surface area (Å²) in [4.78, 5) is 25.9. The first-order chi connectivity index (χ1) is 13.6. The predicted molar refractivity (Wildman–Crippen MR) is 116 cm³/mol. The average Bonchev–Trinajstić information content (AvgIpc) is 3.24. The van der Waals surface area contributed by atoms with Crippen LogP contribution in [0.1, 0.15) is 16.6 Å². The van der Waals surface area contributed by atoms with Crippen molar-refractivity contribution < 1.29 is 14.3 Å². The number of hydrogen-bond acceptors (Lipinski definition) is 5. The van der Waals surface area contributed by atoms with E-state index in [1.54, 1.807) is 6.07 Å². The maximum Gasteiger partial charge on any atom is 0.265 e. The molecule has 7 heteroatoms. The van der Waals surface area contributed by atoms with Crippen molar-refractivity contribution in [1.82, 2.24) is 0 Å². The van der Waals surface area contributed by atoms with Gasteiger partial charge in [-0.3, -0.25) is 9.59 Å². The maximum atomic E-state index is 12.2. The summed E-state index contributed by atoms with van der Waals surface area (Å²) in [6, 6.07) is 18.4. The second-order valence-corrected chi connectivity index (χ2v) is 7.75. The fourth-order valence-electron chi connectivity index (χ4n) is 2.41. The Morgan fingerprint density at radius 3 is 2.54 bits per heavy atom. The van der Waals surface area contributed by atoms with Crippen molar-refractivity contribution in [2.24, 2.45) is 0 Å². The number of carbonyl (C=O) groups is 2. The molecule has 3 aromatic rings. The van der Waals surface area contributed by atoms with Gasteiger partial charge in [-0.05, 0) is 60.8 Å². The number of thioether (sulfide) groups is 1. The summed E-state index contributed by atoms with van der Waals surface area (Å²) in [6.45, 7) is 2.53. The molecule has 0 radical (unpaired) electrons. The zero-order valence-electron chi connectivity index (χ0n) is 15.3. The molecule has 5 nitrogen and oxygen atoms in total.